The third-order valence-corrected chi connectivity index (χ3v) is 5.16. The van der Waals surface area contributed by atoms with Gasteiger partial charge in [-0.2, -0.15) is 0 Å². The van der Waals surface area contributed by atoms with Gasteiger partial charge in [0.2, 0.25) is 0 Å². The van der Waals surface area contributed by atoms with Crippen molar-refractivity contribution in [2.75, 3.05) is 0 Å². The van der Waals surface area contributed by atoms with Gasteiger partial charge in [-0.3, -0.25) is 15.1 Å². The summed E-state index contributed by atoms with van der Waals surface area (Å²) in [5, 5.41) is 11.5. The summed E-state index contributed by atoms with van der Waals surface area (Å²) < 4.78 is -0.343. The number of rotatable bonds is 6. The van der Waals surface area contributed by atoms with Gasteiger partial charge in [0, 0.05) is 9.82 Å². The maximum Gasteiger partial charge on any atom is 0.298 e. The van der Waals surface area contributed by atoms with Crippen molar-refractivity contribution in [3.63, 3.8) is 0 Å². The fourth-order valence-electron chi connectivity index (χ4n) is 1.93. The molecule has 0 radical (unpaired) electrons. The van der Waals surface area contributed by atoms with Gasteiger partial charge in [0.25, 0.3) is 6.04 Å². The first-order valence-electron chi connectivity index (χ1n) is 7.14. The highest BCUT2D eigenvalue weighted by atomic mass is 35.5. The molecule has 0 saturated heterocycles. The third kappa shape index (κ3) is 6.04. The first kappa shape index (κ1) is 19.8. The lowest BCUT2D eigenvalue weighted by Gasteiger charge is -2.12. The number of nitrogens with zero attached hydrogens (tertiary/aromatic N) is 2. The van der Waals surface area contributed by atoms with Crippen LogP contribution in [0.15, 0.2) is 80.1 Å². The van der Waals surface area contributed by atoms with Gasteiger partial charge in [-0.25, -0.2) is 0 Å². The second-order valence-corrected chi connectivity index (χ2v) is 7.30. The first-order chi connectivity index (χ1) is 12.0. The molecule has 25 heavy (non-hydrogen) atoms. The molecule has 0 aliphatic rings. The molecule has 0 N–H and O–H groups in total. The molecule has 0 saturated carbocycles. The smallest absolute Gasteiger partial charge is 0.271 e. The fourth-order valence-corrected chi connectivity index (χ4v) is 3.36. The maximum atomic E-state index is 11.6. The summed E-state index contributed by atoms with van der Waals surface area (Å²) in [6, 6.07) is 17.2. The van der Waals surface area contributed by atoms with Crippen LogP contribution in [0.1, 0.15) is 5.56 Å². The minimum atomic E-state index is -1.42. The molecule has 0 amide bonds. The van der Waals surface area contributed by atoms with Crippen LogP contribution >= 0.6 is 46.6 Å². The normalized spacial score (nSPS) is 12.5. The first-order valence-corrected chi connectivity index (χ1v) is 9.09. The zero-order chi connectivity index (χ0) is 18.2. The van der Waals surface area contributed by atoms with Crippen molar-refractivity contribution >= 4 is 51.6 Å². The van der Waals surface area contributed by atoms with Crippen LogP contribution in [0.3, 0.4) is 0 Å². The van der Waals surface area contributed by atoms with E-state index >= 15 is 0 Å². The number of nitro groups is 1. The van der Waals surface area contributed by atoms with Gasteiger partial charge in [-0.1, -0.05) is 95.1 Å². The van der Waals surface area contributed by atoms with E-state index in [0.29, 0.717) is 0 Å². The summed E-state index contributed by atoms with van der Waals surface area (Å²) in [5.41, 5.74) is 0.924. The van der Waals surface area contributed by atoms with Crippen LogP contribution < -0.4 is 0 Å². The average Bonchev–Trinajstić information content (AvgIpc) is 2.61. The van der Waals surface area contributed by atoms with Gasteiger partial charge in [-0.05, 0) is 17.7 Å². The number of halogens is 3. The molecule has 130 valence electrons. The highest BCUT2D eigenvalue weighted by Crippen LogP contribution is 2.30. The van der Waals surface area contributed by atoms with Gasteiger partial charge in [0.1, 0.15) is 9.52 Å². The van der Waals surface area contributed by atoms with Gasteiger partial charge in [-0.15, -0.1) is 0 Å². The van der Waals surface area contributed by atoms with Crippen LogP contribution in [0.2, 0.25) is 0 Å². The van der Waals surface area contributed by atoms with Crippen molar-refractivity contribution in [2.24, 2.45) is 4.99 Å². The lowest BCUT2D eigenvalue weighted by molar-refractivity contribution is -0.490. The van der Waals surface area contributed by atoms with Gasteiger partial charge in [0.15, 0.2) is 5.04 Å². The van der Waals surface area contributed by atoms with E-state index in [4.69, 9.17) is 34.8 Å². The Morgan fingerprint density at radius 3 is 2.12 bits per heavy atom. The van der Waals surface area contributed by atoms with Crippen molar-refractivity contribution in [3.05, 3.63) is 85.9 Å². The summed E-state index contributed by atoms with van der Waals surface area (Å²) in [4.78, 5) is 16.2. The zero-order valence-corrected chi connectivity index (χ0v) is 15.9. The molecule has 0 aliphatic carbocycles. The number of benzene rings is 2. The van der Waals surface area contributed by atoms with Crippen LogP contribution in [-0.2, 0) is 6.54 Å². The minimum Gasteiger partial charge on any atom is -0.271 e. The Labute approximate surface area is 164 Å². The fraction of sp³-hybridized carbons (Fsp3) is 0.118. The molecule has 2 aromatic carbocycles. The predicted molar refractivity (Wildman–Crippen MR) is 105 cm³/mol. The largest absolute Gasteiger partial charge is 0.298 e. The van der Waals surface area contributed by atoms with Gasteiger partial charge >= 0.3 is 0 Å². The average molecular weight is 416 g/mol. The summed E-state index contributed by atoms with van der Waals surface area (Å²) >= 11 is 18.5. The topological polar surface area (TPSA) is 55.5 Å². The Hall–Kier alpha value is -1.53. The number of thioether (sulfide) groups is 1. The van der Waals surface area contributed by atoms with Crippen molar-refractivity contribution in [2.45, 2.75) is 17.5 Å². The molecule has 1 atom stereocenters. The van der Waals surface area contributed by atoms with E-state index < -0.39 is 11.0 Å². The molecule has 4 nitrogen and oxygen atoms in total. The molecule has 8 heteroatoms. The summed E-state index contributed by atoms with van der Waals surface area (Å²) in [6.07, 6.45) is 0. The molecule has 0 bridgehead atoms. The van der Waals surface area contributed by atoms with E-state index in [1.165, 1.54) is 0 Å². The molecule has 0 aromatic heterocycles. The quantitative estimate of drug-likeness (QED) is 0.194. The van der Waals surface area contributed by atoms with Crippen LogP contribution in [0.25, 0.3) is 0 Å². The van der Waals surface area contributed by atoms with Crippen molar-refractivity contribution < 1.29 is 4.92 Å². The SMILES string of the molecule is O=[N+]([O-])C(C(=NCc1ccccc1)Sc1ccccc1)C(Cl)=C(Cl)Cl. The molecular weight excluding hydrogens is 403 g/mol. The summed E-state index contributed by atoms with van der Waals surface area (Å²) in [7, 11) is 0. The van der Waals surface area contributed by atoms with E-state index in [1.54, 1.807) is 0 Å². The number of aliphatic imine (C=N–C) groups is 1. The Morgan fingerprint density at radius 2 is 1.60 bits per heavy atom. The van der Waals surface area contributed by atoms with E-state index in [1.807, 2.05) is 60.7 Å². The van der Waals surface area contributed by atoms with E-state index in [9.17, 15) is 10.1 Å². The van der Waals surface area contributed by atoms with Crippen molar-refractivity contribution in [1.82, 2.24) is 0 Å². The Kier molecular flexibility index (Phi) is 7.78. The highest BCUT2D eigenvalue weighted by Gasteiger charge is 2.33. The standard InChI is InChI=1S/C17H13Cl3N2O2S/c18-14(16(19)20)15(22(23)24)17(25-13-9-5-2-6-10-13)21-11-12-7-3-1-4-8-12/h1-10,15H,11H2. The minimum absolute atomic E-state index is 0.212. The van der Waals surface area contributed by atoms with Crippen LogP contribution in [-0.4, -0.2) is 16.0 Å². The molecule has 0 spiro atoms. The Balaban J connectivity index is 2.39. The van der Waals surface area contributed by atoms with Crippen LogP contribution in [0.4, 0.5) is 0 Å². The molecule has 0 fully saturated rings. The summed E-state index contributed by atoms with van der Waals surface area (Å²) in [6.45, 7) is 0.282. The number of hydrogen-bond acceptors (Lipinski definition) is 4. The molecule has 0 heterocycles. The van der Waals surface area contributed by atoms with Crippen LogP contribution in [0.5, 0.6) is 0 Å². The predicted octanol–water partition coefficient (Wildman–Crippen LogP) is 5.91. The maximum absolute atomic E-state index is 11.6. The van der Waals surface area contributed by atoms with Crippen LogP contribution in [0, 0.1) is 10.1 Å². The molecule has 2 rings (SSSR count). The van der Waals surface area contributed by atoms with Gasteiger partial charge in [0.05, 0.1) is 6.54 Å². The monoisotopic (exact) mass is 414 g/mol. The second kappa shape index (κ2) is 9.82. The lowest BCUT2D eigenvalue weighted by atomic mass is 10.2. The Bertz CT molecular complexity index is 779. The van der Waals surface area contributed by atoms with E-state index in [-0.39, 0.29) is 21.1 Å². The van der Waals surface area contributed by atoms with Crippen molar-refractivity contribution in [3.8, 4) is 0 Å². The highest BCUT2D eigenvalue weighted by molar-refractivity contribution is 8.14. The molecule has 2 aromatic rings. The summed E-state index contributed by atoms with van der Waals surface area (Å²) in [5.74, 6) is 0. The molecular formula is C17H13Cl3N2O2S. The lowest BCUT2D eigenvalue weighted by Crippen LogP contribution is -2.28. The molecule has 1 unspecified atom stereocenters. The van der Waals surface area contributed by atoms with Gasteiger partial charge < -0.3 is 0 Å². The van der Waals surface area contributed by atoms with Crippen molar-refractivity contribution in [1.29, 1.82) is 0 Å². The van der Waals surface area contributed by atoms with E-state index in [2.05, 4.69) is 4.99 Å². The Morgan fingerprint density at radius 1 is 1.04 bits per heavy atom. The third-order valence-electron chi connectivity index (χ3n) is 3.09. The van der Waals surface area contributed by atoms with E-state index in [0.717, 1.165) is 22.2 Å². The second-order valence-electron chi connectivity index (χ2n) is 4.85. The zero-order valence-electron chi connectivity index (χ0n) is 12.8. The molecule has 0 aliphatic heterocycles. The number of hydrogen-bond donors (Lipinski definition) is 0.